The lowest BCUT2D eigenvalue weighted by Gasteiger charge is -2.14. The highest BCUT2D eigenvalue weighted by Gasteiger charge is 2.06. The zero-order valence-corrected chi connectivity index (χ0v) is 12.4. The number of aryl methyl sites for hydroxylation is 1. The molecule has 0 aliphatic carbocycles. The van der Waals surface area contributed by atoms with Crippen molar-refractivity contribution >= 4 is 0 Å². The van der Waals surface area contributed by atoms with Gasteiger partial charge in [0.1, 0.15) is 18.5 Å². The topological polar surface area (TPSA) is 18.5 Å². The second kappa shape index (κ2) is 7.51. The van der Waals surface area contributed by atoms with Crippen LogP contribution in [0.3, 0.4) is 0 Å². The highest BCUT2D eigenvalue weighted by Crippen LogP contribution is 2.17. The minimum absolute atomic E-state index is 0.0171. The Balaban J connectivity index is 1.54. The monoisotopic (exact) mass is 293 g/mol. The summed E-state index contributed by atoms with van der Waals surface area (Å²) in [5.41, 5.74) is 2.12. The lowest BCUT2D eigenvalue weighted by Crippen LogP contribution is -2.09. The Morgan fingerprint density at radius 3 is 2.50 bits per heavy atom. The Morgan fingerprint density at radius 1 is 0.955 bits per heavy atom. The Labute approximate surface area is 133 Å². The van der Waals surface area contributed by atoms with E-state index in [4.69, 9.17) is 10.8 Å². The quantitative estimate of drug-likeness (QED) is 0.770. The van der Waals surface area contributed by atoms with E-state index in [0.29, 0.717) is 13.0 Å². The summed E-state index contributed by atoms with van der Waals surface area (Å²) in [5.74, 6) is 0.821. The maximum Gasteiger partial charge on any atom is 0.119 e. The molecule has 2 nitrogen and oxygen atoms in total. The van der Waals surface area contributed by atoms with E-state index in [9.17, 15) is 0 Å². The second-order valence-electron chi connectivity index (χ2n) is 5.17. The summed E-state index contributed by atoms with van der Waals surface area (Å²) in [6, 6.07) is 17.9. The summed E-state index contributed by atoms with van der Waals surface area (Å²) >= 11 is 0. The van der Waals surface area contributed by atoms with Crippen molar-refractivity contribution in [3.8, 4) is 5.75 Å². The number of allylic oxidation sites excluding steroid dienone is 2. The number of hydrogen-bond donors (Lipinski definition) is 0. The first-order chi connectivity index (χ1) is 11.3. The van der Waals surface area contributed by atoms with E-state index in [1.165, 1.54) is 0 Å². The molecular weight excluding hydrogens is 272 g/mol. The number of benzene rings is 2. The van der Waals surface area contributed by atoms with E-state index in [1.54, 1.807) is 6.26 Å². The second-order valence-corrected chi connectivity index (χ2v) is 5.17. The fourth-order valence-electron chi connectivity index (χ4n) is 2.25. The van der Waals surface area contributed by atoms with Gasteiger partial charge in [0, 0.05) is 1.37 Å². The van der Waals surface area contributed by atoms with Gasteiger partial charge in [0.15, 0.2) is 0 Å². The SMILES string of the molecule is [2H]C(CC1C=CC=CO1)c1ccc(OCc2ccccc2)cc1. The molecule has 2 aromatic rings. The zero-order chi connectivity index (χ0) is 15.9. The predicted octanol–water partition coefficient (Wildman–Crippen LogP) is 4.67. The van der Waals surface area contributed by atoms with E-state index in [-0.39, 0.29) is 12.5 Å². The van der Waals surface area contributed by atoms with Gasteiger partial charge < -0.3 is 9.47 Å². The van der Waals surface area contributed by atoms with Crippen LogP contribution in [0.25, 0.3) is 0 Å². The van der Waals surface area contributed by atoms with Crippen LogP contribution in [0.4, 0.5) is 0 Å². The van der Waals surface area contributed by atoms with Crippen LogP contribution >= 0.6 is 0 Å². The van der Waals surface area contributed by atoms with Crippen LogP contribution in [0.5, 0.6) is 5.75 Å². The molecule has 0 fully saturated rings. The van der Waals surface area contributed by atoms with E-state index in [1.807, 2.05) is 72.8 Å². The van der Waals surface area contributed by atoms with E-state index in [0.717, 1.165) is 16.9 Å². The van der Waals surface area contributed by atoms with Crippen LogP contribution in [0.1, 0.15) is 18.9 Å². The molecule has 0 N–H and O–H groups in total. The summed E-state index contributed by atoms with van der Waals surface area (Å²) in [7, 11) is 0. The normalized spacial score (nSPS) is 18.4. The summed E-state index contributed by atoms with van der Waals surface area (Å²) in [5, 5.41) is 0. The van der Waals surface area contributed by atoms with Gasteiger partial charge in [0.2, 0.25) is 0 Å². The number of ether oxygens (including phenoxy) is 2. The fourth-order valence-corrected chi connectivity index (χ4v) is 2.25. The molecule has 0 bridgehead atoms. The smallest absolute Gasteiger partial charge is 0.119 e. The van der Waals surface area contributed by atoms with Gasteiger partial charge in [-0.3, -0.25) is 0 Å². The van der Waals surface area contributed by atoms with Crippen molar-refractivity contribution in [3.05, 3.63) is 90.2 Å². The van der Waals surface area contributed by atoms with Gasteiger partial charge in [-0.25, -0.2) is 0 Å². The first-order valence-corrected chi connectivity index (χ1v) is 7.49. The average molecular weight is 293 g/mol. The third-order valence-electron chi connectivity index (χ3n) is 3.48. The van der Waals surface area contributed by atoms with Crippen LogP contribution in [0.15, 0.2) is 79.1 Å². The molecule has 0 saturated heterocycles. The van der Waals surface area contributed by atoms with Crippen molar-refractivity contribution in [1.82, 2.24) is 0 Å². The minimum Gasteiger partial charge on any atom is -0.494 e. The lowest BCUT2D eigenvalue weighted by atomic mass is 10.1. The van der Waals surface area contributed by atoms with Crippen molar-refractivity contribution in [3.63, 3.8) is 0 Å². The van der Waals surface area contributed by atoms with Gasteiger partial charge in [0.25, 0.3) is 0 Å². The molecule has 0 amide bonds. The van der Waals surface area contributed by atoms with Gasteiger partial charge >= 0.3 is 0 Å². The first kappa shape index (κ1) is 13.2. The van der Waals surface area contributed by atoms with E-state index < -0.39 is 0 Å². The molecule has 2 unspecified atom stereocenters. The molecule has 1 aliphatic heterocycles. The Morgan fingerprint density at radius 2 is 1.77 bits per heavy atom. The van der Waals surface area contributed by atoms with Gasteiger partial charge in [-0.1, -0.05) is 48.5 Å². The average Bonchev–Trinajstić information content (AvgIpc) is 2.62. The zero-order valence-electron chi connectivity index (χ0n) is 13.4. The van der Waals surface area contributed by atoms with Crippen LogP contribution in [-0.2, 0) is 17.7 Å². The Kier molecular flexibility index (Phi) is 4.50. The minimum atomic E-state index is -0.306. The third-order valence-corrected chi connectivity index (χ3v) is 3.48. The van der Waals surface area contributed by atoms with Gasteiger partial charge in [0.05, 0.1) is 6.26 Å². The Bertz CT molecular complexity index is 662. The molecule has 3 rings (SSSR count). The van der Waals surface area contributed by atoms with Crippen LogP contribution in [0.2, 0.25) is 0 Å². The van der Waals surface area contributed by atoms with Crippen molar-refractivity contribution in [2.45, 2.75) is 25.5 Å². The van der Waals surface area contributed by atoms with Crippen molar-refractivity contribution in [1.29, 1.82) is 0 Å². The molecule has 22 heavy (non-hydrogen) atoms. The van der Waals surface area contributed by atoms with Crippen molar-refractivity contribution in [2.75, 3.05) is 0 Å². The molecule has 1 aliphatic rings. The predicted molar refractivity (Wildman–Crippen MR) is 88.7 cm³/mol. The first-order valence-electron chi connectivity index (χ1n) is 8.07. The van der Waals surface area contributed by atoms with Crippen LogP contribution in [-0.4, -0.2) is 6.10 Å². The van der Waals surface area contributed by atoms with Crippen LogP contribution in [0, 0.1) is 0 Å². The van der Waals surface area contributed by atoms with Crippen molar-refractivity contribution in [2.24, 2.45) is 0 Å². The lowest BCUT2D eigenvalue weighted by molar-refractivity contribution is 0.174. The maximum absolute atomic E-state index is 8.28. The molecule has 2 heteroatoms. The van der Waals surface area contributed by atoms with Gasteiger partial charge in [-0.15, -0.1) is 0 Å². The molecule has 0 aromatic heterocycles. The Hall–Kier alpha value is -2.48. The summed E-state index contributed by atoms with van der Waals surface area (Å²) in [4.78, 5) is 0. The number of hydrogen-bond acceptors (Lipinski definition) is 2. The third kappa shape index (κ3) is 4.26. The molecule has 1 heterocycles. The molecular formula is C20H20O2. The highest BCUT2D eigenvalue weighted by atomic mass is 16.5. The molecule has 2 aromatic carbocycles. The molecule has 112 valence electrons. The standard InChI is InChI=1S/C20H20O2/c1-2-6-18(7-3-1)16-22-20-13-10-17(11-14-20)9-12-19-8-4-5-15-21-19/h1-8,10-11,13-15,19H,9,12,16H2/i9D. The summed E-state index contributed by atoms with van der Waals surface area (Å²) < 4.78 is 19.5. The summed E-state index contributed by atoms with van der Waals surface area (Å²) in [6.07, 6.45) is 7.80. The van der Waals surface area contributed by atoms with Crippen LogP contribution < -0.4 is 4.74 Å². The largest absolute Gasteiger partial charge is 0.494 e. The van der Waals surface area contributed by atoms with E-state index >= 15 is 0 Å². The fraction of sp³-hybridized carbons (Fsp3) is 0.200. The van der Waals surface area contributed by atoms with E-state index in [2.05, 4.69) is 0 Å². The number of rotatable bonds is 6. The molecule has 2 atom stereocenters. The molecule has 0 spiro atoms. The maximum atomic E-state index is 8.28. The van der Waals surface area contributed by atoms with Gasteiger partial charge in [-0.05, 0) is 48.2 Å². The molecule has 0 radical (unpaired) electrons. The van der Waals surface area contributed by atoms with Gasteiger partial charge in [-0.2, -0.15) is 0 Å². The molecule has 0 saturated carbocycles. The summed E-state index contributed by atoms with van der Waals surface area (Å²) in [6.45, 7) is 0.553. The van der Waals surface area contributed by atoms with Crippen molar-refractivity contribution < 1.29 is 10.8 Å². The highest BCUT2D eigenvalue weighted by molar-refractivity contribution is 5.28.